The van der Waals surface area contributed by atoms with Gasteiger partial charge in [-0.25, -0.2) is 4.79 Å². The summed E-state index contributed by atoms with van der Waals surface area (Å²) >= 11 is 0. The minimum Gasteiger partial charge on any atom is -0.508 e. The Kier molecular flexibility index (Phi) is 11.5. The highest BCUT2D eigenvalue weighted by atomic mass is 16.4. The number of hydrogen-bond donors (Lipinski definition) is 10. The van der Waals surface area contributed by atoms with E-state index < -0.39 is 47.9 Å². The van der Waals surface area contributed by atoms with E-state index in [1.165, 1.54) is 19.1 Å². The number of aromatic nitrogens is 1. The topological polar surface area (TPSA) is 249 Å². The third-order valence-corrected chi connectivity index (χ3v) is 6.81. The highest BCUT2D eigenvalue weighted by molar-refractivity contribution is 5.94. The number of fused-ring (bicyclic) bond motifs is 1. The summed E-state index contributed by atoms with van der Waals surface area (Å²) in [7, 11) is 0. The third-order valence-electron chi connectivity index (χ3n) is 6.81. The monoisotopic (exact) mass is 594 g/mol. The van der Waals surface area contributed by atoms with Crippen molar-refractivity contribution in [2.45, 2.75) is 56.8 Å². The van der Waals surface area contributed by atoms with Crippen LogP contribution in [0.25, 0.3) is 10.9 Å². The molecule has 1 aromatic heterocycles. The molecular weight excluding hydrogens is 556 g/mol. The number of rotatable bonds is 15. The Morgan fingerprint density at radius 2 is 1.60 bits per heavy atom. The average molecular weight is 595 g/mol. The smallest absolute Gasteiger partial charge is 0.326 e. The number of carbonyl (C=O) groups is 4. The number of phenolic OH excluding ortho intramolecular Hbond substituents is 1. The first-order valence-electron chi connectivity index (χ1n) is 13.7. The van der Waals surface area contributed by atoms with E-state index in [1.54, 1.807) is 18.3 Å². The molecule has 230 valence electrons. The molecule has 3 rings (SSSR count). The van der Waals surface area contributed by atoms with Crippen LogP contribution in [-0.4, -0.2) is 75.6 Å². The minimum absolute atomic E-state index is 0.0203. The number of para-hydroxylation sites is 1. The van der Waals surface area contributed by atoms with Crippen molar-refractivity contribution in [2.75, 3.05) is 6.54 Å². The van der Waals surface area contributed by atoms with E-state index in [4.69, 9.17) is 16.9 Å². The summed E-state index contributed by atoms with van der Waals surface area (Å²) in [6.45, 7) is 1.67. The van der Waals surface area contributed by atoms with Crippen LogP contribution in [0.4, 0.5) is 0 Å². The van der Waals surface area contributed by atoms with Gasteiger partial charge >= 0.3 is 5.97 Å². The van der Waals surface area contributed by atoms with E-state index in [0.29, 0.717) is 17.5 Å². The van der Waals surface area contributed by atoms with Crippen LogP contribution in [0.1, 0.15) is 30.9 Å². The van der Waals surface area contributed by atoms with E-state index in [2.05, 4.69) is 26.3 Å². The number of aromatic hydroxyl groups is 1. The maximum Gasteiger partial charge on any atom is 0.326 e. The summed E-state index contributed by atoms with van der Waals surface area (Å²) in [5, 5.41) is 37.6. The number of carbonyl (C=O) groups excluding carboxylic acids is 3. The Bertz CT molecular complexity index is 1440. The predicted octanol–water partition coefficient (Wildman–Crippen LogP) is -0.192. The molecule has 0 bridgehead atoms. The van der Waals surface area contributed by atoms with Gasteiger partial charge in [0.05, 0.1) is 6.04 Å². The summed E-state index contributed by atoms with van der Waals surface area (Å²) in [4.78, 5) is 54.0. The zero-order valence-corrected chi connectivity index (χ0v) is 23.7. The molecule has 0 aliphatic heterocycles. The van der Waals surface area contributed by atoms with Crippen LogP contribution in [0, 0.1) is 5.41 Å². The highest BCUT2D eigenvalue weighted by Gasteiger charge is 2.29. The molecule has 12 N–H and O–H groups in total. The van der Waals surface area contributed by atoms with Crippen molar-refractivity contribution < 1.29 is 29.4 Å². The lowest BCUT2D eigenvalue weighted by molar-refractivity contribution is -0.142. The zero-order valence-electron chi connectivity index (χ0n) is 23.7. The fraction of sp³-hybridized carbons (Fsp3) is 0.345. The van der Waals surface area contributed by atoms with Crippen LogP contribution in [0.2, 0.25) is 0 Å². The average Bonchev–Trinajstić information content (AvgIpc) is 3.37. The Morgan fingerprint density at radius 3 is 2.28 bits per heavy atom. The lowest BCUT2D eigenvalue weighted by atomic mass is 10.0. The van der Waals surface area contributed by atoms with Crippen LogP contribution in [0.3, 0.4) is 0 Å². The van der Waals surface area contributed by atoms with Gasteiger partial charge in [-0.2, -0.15) is 0 Å². The van der Waals surface area contributed by atoms with Crippen LogP contribution in [0.5, 0.6) is 5.75 Å². The number of H-pyrrole nitrogens is 1. The van der Waals surface area contributed by atoms with E-state index in [-0.39, 0.29) is 37.5 Å². The van der Waals surface area contributed by atoms with Crippen molar-refractivity contribution in [1.82, 2.24) is 26.3 Å². The van der Waals surface area contributed by atoms with E-state index in [1.807, 2.05) is 24.3 Å². The van der Waals surface area contributed by atoms with Gasteiger partial charge in [-0.3, -0.25) is 19.8 Å². The number of guanidine groups is 1. The maximum atomic E-state index is 13.2. The molecule has 0 radical (unpaired) electrons. The number of nitrogens with two attached hydrogens (primary N) is 2. The molecule has 0 aliphatic carbocycles. The summed E-state index contributed by atoms with van der Waals surface area (Å²) in [6, 6.07) is 9.13. The van der Waals surface area contributed by atoms with Gasteiger partial charge in [-0.1, -0.05) is 30.3 Å². The second-order valence-electron chi connectivity index (χ2n) is 10.2. The number of aliphatic carboxylic acids is 1. The Labute approximate surface area is 248 Å². The number of hydrogen-bond acceptors (Lipinski definition) is 7. The molecule has 0 unspecified atom stereocenters. The first-order valence-corrected chi connectivity index (χ1v) is 13.7. The summed E-state index contributed by atoms with van der Waals surface area (Å²) in [5.74, 6) is -3.39. The molecule has 0 saturated heterocycles. The lowest BCUT2D eigenvalue weighted by Gasteiger charge is -2.24. The second kappa shape index (κ2) is 15.2. The largest absolute Gasteiger partial charge is 0.508 e. The van der Waals surface area contributed by atoms with Crippen LogP contribution < -0.4 is 32.7 Å². The second-order valence-corrected chi connectivity index (χ2v) is 10.2. The van der Waals surface area contributed by atoms with E-state index >= 15 is 0 Å². The molecule has 0 aliphatic rings. The molecule has 4 atom stereocenters. The Morgan fingerprint density at radius 1 is 0.930 bits per heavy atom. The molecule has 0 spiro atoms. The van der Waals surface area contributed by atoms with Crippen LogP contribution >= 0.6 is 0 Å². The normalized spacial score (nSPS) is 13.7. The first kappa shape index (κ1) is 32.4. The fourth-order valence-electron chi connectivity index (χ4n) is 4.45. The Balaban J connectivity index is 1.62. The highest BCUT2D eigenvalue weighted by Crippen LogP contribution is 2.19. The fourth-order valence-corrected chi connectivity index (χ4v) is 4.45. The van der Waals surface area contributed by atoms with Gasteiger partial charge in [0.25, 0.3) is 0 Å². The molecule has 3 aromatic rings. The molecule has 1 heterocycles. The third kappa shape index (κ3) is 9.74. The lowest BCUT2D eigenvalue weighted by Crippen LogP contribution is -2.56. The number of carboxylic acids is 1. The molecule has 0 fully saturated rings. The van der Waals surface area contributed by atoms with Gasteiger partial charge in [0, 0.05) is 30.1 Å². The molecule has 14 heteroatoms. The molecule has 3 amide bonds. The molecule has 0 saturated carbocycles. The number of nitrogens with one attached hydrogen (secondary N) is 6. The van der Waals surface area contributed by atoms with Crippen LogP contribution in [-0.2, 0) is 32.0 Å². The number of benzene rings is 2. The van der Waals surface area contributed by atoms with Gasteiger partial charge < -0.3 is 47.9 Å². The maximum absolute atomic E-state index is 13.2. The number of aromatic amines is 1. The van der Waals surface area contributed by atoms with Crippen LogP contribution in [0.15, 0.2) is 54.7 Å². The molecule has 14 nitrogen and oxygen atoms in total. The van der Waals surface area contributed by atoms with Gasteiger partial charge in [-0.15, -0.1) is 0 Å². The number of phenols is 1. The van der Waals surface area contributed by atoms with Crippen molar-refractivity contribution in [3.63, 3.8) is 0 Å². The first-order chi connectivity index (χ1) is 20.4. The molecule has 43 heavy (non-hydrogen) atoms. The van der Waals surface area contributed by atoms with Gasteiger partial charge in [0.2, 0.25) is 17.7 Å². The quantitative estimate of drug-likeness (QED) is 0.0635. The van der Waals surface area contributed by atoms with E-state index in [0.717, 1.165) is 10.9 Å². The molecule has 2 aromatic carbocycles. The van der Waals surface area contributed by atoms with Gasteiger partial charge in [-0.05, 0) is 55.5 Å². The SMILES string of the molecule is C[C@H](NC(=O)[C@H](CCCNC(=N)N)NC(=O)[C@@H](N)Cc1ccc(O)cc1)C(=O)N[C@@H](Cc1c[nH]c2ccccc12)C(=O)O. The van der Waals surface area contributed by atoms with Crippen molar-refractivity contribution in [3.8, 4) is 5.75 Å². The van der Waals surface area contributed by atoms with Crippen molar-refractivity contribution >= 4 is 40.6 Å². The number of amides is 3. The van der Waals surface area contributed by atoms with Crippen molar-refractivity contribution in [3.05, 3.63) is 65.9 Å². The van der Waals surface area contributed by atoms with Gasteiger partial charge in [0.15, 0.2) is 5.96 Å². The number of carboxylic acid groups (broad SMARTS) is 1. The summed E-state index contributed by atoms with van der Waals surface area (Å²) in [6.07, 6.45) is 2.34. The summed E-state index contributed by atoms with van der Waals surface area (Å²) in [5.41, 5.74) is 13.6. The zero-order chi connectivity index (χ0) is 31.5. The summed E-state index contributed by atoms with van der Waals surface area (Å²) < 4.78 is 0. The van der Waals surface area contributed by atoms with Gasteiger partial charge in [0.1, 0.15) is 23.9 Å². The standard InChI is InChI=1S/C29H38N8O6/c1-16(25(39)37-24(28(42)43)14-18-15-34-22-6-3-2-5-20(18)22)35-27(41)23(7-4-12-33-29(31)32)36-26(40)21(30)13-17-8-10-19(38)11-9-17/h2-3,5-6,8-11,15-16,21,23-24,34,38H,4,7,12-14,30H2,1H3,(H,35,41)(H,36,40)(H,37,39)(H,42,43)(H4,31,32,33)/t16-,21-,23-,24-/m0/s1. The predicted molar refractivity (Wildman–Crippen MR) is 160 cm³/mol. The Hall–Kier alpha value is -5.11. The van der Waals surface area contributed by atoms with Crippen molar-refractivity contribution in [1.29, 1.82) is 5.41 Å². The van der Waals surface area contributed by atoms with Crippen molar-refractivity contribution in [2.24, 2.45) is 11.5 Å². The molecular formula is C29H38N8O6. The minimum atomic E-state index is -1.25. The van der Waals surface area contributed by atoms with E-state index in [9.17, 15) is 29.4 Å².